The zero-order chi connectivity index (χ0) is 22.6. The molecule has 3 saturated heterocycles. The number of carboxylic acid groups (broad SMARTS) is 1. The molecule has 0 unspecified atom stereocenters. The lowest BCUT2D eigenvalue weighted by Crippen LogP contribution is -2.46. The fraction of sp³-hybridized carbons (Fsp3) is 0.737. The Morgan fingerprint density at radius 3 is 2.55 bits per heavy atom. The summed E-state index contributed by atoms with van der Waals surface area (Å²) in [5, 5.41) is 10.4. The highest BCUT2D eigenvalue weighted by atomic mass is 32.1. The van der Waals surface area contributed by atoms with Gasteiger partial charge in [-0.1, -0.05) is 0 Å². The number of nitrogens with zero attached hydrogens (tertiary/aromatic N) is 3. The number of rotatable bonds is 3. The van der Waals surface area contributed by atoms with Crippen LogP contribution in [0.15, 0.2) is 5.38 Å². The van der Waals surface area contributed by atoms with Gasteiger partial charge in [0, 0.05) is 31.6 Å². The molecular formula is C19H26F3N3O5S. The first-order chi connectivity index (χ1) is 14.6. The third kappa shape index (κ3) is 6.61. The largest absolute Gasteiger partial charge is 0.490 e. The number of carboxylic acids is 1. The molecule has 0 aromatic carbocycles. The van der Waals surface area contributed by atoms with Gasteiger partial charge in [0.05, 0.1) is 30.0 Å². The number of halogens is 3. The Hall–Kier alpha value is -1.76. The number of carbonyl (C=O) groups excluding carboxylic acids is 1. The normalized spacial score (nSPS) is 26.7. The van der Waals surface area contributed by atoms with Gasteiger partial charge in [-0.2, -0.15) is 13.2 Å². The molecule has 31 heavy (non-hydrogen) atoms. The van der Waals surface area contributed by atoms with Crippen LogP contribution in [0.2, 0.25) is 0 Å². The Labute approximate surface area is 181 Å². The summed E-state index contributed by atoms with van der Waals surface area (Å²) in [4.78, 5) is 30.4. The van der Waals surface area contributed by atoms with E-state index >= 15 is 0 Å². The van der Waals surface area contributed by atoms with E-state index in [1.165, 1.54) is 0 Å². The zero-order valence-electron chi connectivity index (χ0n) is 17.1. The number of likely N-dealkylation sites (tertiary alicyclic amines) is 1. The van der Waals surface area contributed by atoms with E-state index in [1.807, 2.05) is 11.8 Å². The summed E-state index contributed by atoms with van der Waals surface area (Å²) in [5.41, 5.74) is 1.15. The van der Waals surface area contributed by atoms with Crippen LogP contribution in [0.4, 0.5) is 13.2 Å². The number of aryl methyl sites for hydroxylation is 1. The number of piperidine rings is 1. The fourth-order valence-electron chi connectivity index (χ4n) is 3.99. The molecule has 1 amide bonds. The molecule has 0 radical (unpaired) electrons. The monoisotopic (exact) mass is 465 g/mol. The topological polar surface area (TPSA) is 92.2 Å². The molecule has 3 atom stereocenters. The average molecular weight is 465 g/mol. The molecule has 174 valence electrons. The smallest absolute Gasteiger partial charge is 0.475 e. The second-order valence-corrected chi connectivity index (χ2v) is 8.84. The van der Waals surface area contributed by atoms with E-state index in [1.54, 1.807) is 11.3 Å². The van der Waals surface area contributed by atoms with Crippen LogP contribution in [0.1, 0.15) is 23.5 Å². The maximum absolute atomic E-state index is 12.6. The summed E-state index contributed by atoms with van der Waals surface area (Å²) in [6, 6.07) is 0. The Balaban J connectivity index is 0.000000339. The number of amides is 1. The Morgan fingerprint density at radius 1 is 1.29 bits per heavy atom. The lowest BCUT2D eigenvalue weighted by Gasteiger charge is -2.33. The maximum atomic E-state index is 12.6. The van der Waals surface area contributed by atoms with Gasteiger partial charge in [-0.3, -0.25) is 9.69 Å². The maximum Gasteiger partial charge on any atom is 0.490 e. The minimum atomic E-state index is -5.08. The summed E-state index contributed by atoms with van der Waals surface area (Å²) >= 11 is 1.70. The number of aliphatic carboxylic acids is 1. The molecule has 8 nitrogen and oxygen atoms in total. The number of ether oxygens (including phenoxy) is 2. The molecule has 1 N–H and O–H groups in total. The molecule has 0 aliphatic carbocycles. The first-order valence-electron chi connectivity index (χ1n) is 10.1. The average Bonchev–Trinajstić information content (AvgIpc) is 3.33. The van der Waals surface area contributed by atoms with Crippen molar-refractivity contribution in [2.75, 3.05) is 39.4 Å². The zero-order valence-corrected chi connectivity index (χ0v) is 18.0. The molecule has 3 aliphatic heterocycles. The van der Waals surface area contributed by atoms with Crippen LogP contribution >= 0.6 is 11.3 Å². The third-order valence-corrected chi connectivity index (χ3v) is 6.35. The molecule has 1 aromatic heterocycles. The SMILES string of the molecule is Cc1nc(CN2CC[C@H]3C[C@@H](C(=O)N4CCOCC4)O[C@@H]3C2)cs1.O=C(O)C(F)(F)F. The van der Waals surface area contributed by atoms with Crippen LogP contribution in [0.5, 0.6) is 0 Å². The van der Waals surface area contributed by atoms with Crippen molar-refractivity contribution in [3.63, 3.8) is 0 Å². The number of hydrogen-bond acceptors (Lipinski definition) is 7. The molecule has 4 rings (SSSR count). The predicted octanol–water partition coefficient (Wildman–Crippen LogP) is 1.92. The number of alkyl halides is 3. The molecular weight excluding hydrogens is 439 g/mol. The van der Waals surface area contributed by atoms with E-state index in [2.05, 4.69) is 15.3 Å². The molecule has 0 spiro atoms. The van der Waals surface area contributed by atoms with E-state index in [9.17, 15) is 18.0 Å². The quantitative estimate of drug-likeness (QED) is 0.729. The lowest BCUT2D eigenvalue weighted by molar-refractivity contribution is -0.192. The molecule has 12 heteroatoms. The highest BCUT2D eigenvalue weighted by molar-refractivity contribution is 7.09. The van der Waals surface area contributed by atoms with E-state index in [-0.39, 0.29) is 18.1 Å². The molecule has 0 saturated carbocycles. The van der Waals surface area contributed by atoms with Gasteiger partial charge >= 0.3 is 12.1 Å². The molecule has 3 aliphatic rings. The van der Waals surface area contributed by atoms with Crippen molar-refractivity contribution in [2.45, 2.75) is 44.7 Å². The van der Waals surface area contributed by atoms with Crippen molar-refractivity contribution in [3.8, 4) is 0 Å². The number of morpholine rings is 1. The number of aromatic nitrogens is 1. The van der Waals surface area contributed by atoms with E-state index in [0.29, 0.717) is 32.2 Å². The standard InChI is InChI=1S/C17H25N3O3S.C2HF3O2/c1-12-18-14(11-24-12)9-19-3-2-13-8-15(23-16(13)10-19)17(21)20-4-6-22-7-5-20;3-2(4,5)1(6)7/h11,13,15-16H,2-10H2,1H3;(H,6,7)/t13-,15-,16+;/m0./s1. The lowest BCUT2D eigenvalue weighted by atomic mass is 9.91. The van der Waals surface area contributed by atoms with Crippen LogP contribution in [-0.2, 0) is 25.6 Å². The van der Waals surface area contributed by atoms with Gasteiger partial charge in [-0.15, -0.1) is 11.3 Å². The molecule has 4 heterocycles. The summed E-state index contributed by atoms with van der Waals surface area (Å²) in [5.74, 6) is -2.07. The van der Waals surface area contributed by atoms with Gasteiger partial charge in [-0.05, 0) is 32.2 Å². The molecule has 1 aromatic rings. The number of carbonyl (C=O) groups is 2. The van der Waals surface area contributed by atoms with Gasteiger partial charge in [0.1, 0.15) is 6.10 Å². The van der Waals surface area contributed by atoms with Crippen LogP contribution in [-0.4, -0.2) is 89.5 Å². The number of hydrogen-bond donors (Lipinski definition) is 1. The van der Waals surface area contributed by atoms with Gasteiger partial charge in [0.15, 0.2) is 0 Å². The second kappa shape index (κ2) is 10.2. The van der Waals surface area contributed by atoms with Crippen molar-refractivity contribution >= 4 is 23.2 Å². The minimum absolute atomic E-state index is 0.161. The number of fused-ring (bicyclic) bond motifs is 1. The highest BCUT2D eigenvalue weighted by Gasteiger charge is 2.43. The van der Waals surface area contributed by atoms with Crippen LogP contribution in [0, 0.1) is 12.8 Å². The molecule has 0 bridgehead atoms. The van der Waals surface area contributed by atoms with E-state index < -0.39 is 12.1 Å². The molecule has 3 fully saturated rings. The van der Waals surface area contributed by atoms with E-state index in [0.717, 1.165) is 43.2 Å². The van der Waals surface area contributed by atoms with Gasteiger partial charge in [0.2, 0.25) is 0 Å². The fourth-order valence-corrected chi connectivity index (χ4v) is 4.60. The van der Waals surface area contributed by atoms with E-state index in [4.69, 9.17) is 19.4 Å². The predicted molar refractivity (Wildman–Crippen MR) is 105 cm³/mol. The highest BCUT2D eigenvalue weighted by Crippen LogP contribution is 2.34. The first-order valence-corrected chi connectivity index (χ1v) is 11.0. The Kier molecular flexibility index (Phi) is 7.89. The summed E-state index contributed by atoms with van der Waals surface area (Å²) in [6.45, 7) is 7.60. The van der Waals surface area contributed by atoms with Crippen molar-refractivity contribution in [1.82, 2.24) is 14.8 Å². The minimum Gasteiger partial charge on any atom is -0.475 e. The van der Waals surface area contributed by atoms with Crippen molar-refractivity contribution < 1.29 is 37.3 Å². The van der Waals surface area contributed by atoms with Crippen molar-refractivity contribution in [2.24, 2.45) is 5.92 Å². The number of thiazole rings is 1. The first kappa shape index (κ1) is 23.9. The third-order valence-electron chi connectivity index (χ3n) is 5.53. The second-order valence-electron chi connectivity index (χ2n) is 7.78. The van der Waals surface area contributed by atoms with Gasteiger partial charge < -0.3 is 19.5 Å². The van der Waals surface area contributed by atoms with Crippen molar-refractivity contribution in [1.29, 1.82) is 0 Å². The Morgan fingerprint density at radius 2 is 1.97 bits per heavy atom. The summed E-state index contributed by atoms with van der Waals surface area (Å²) < 4.78 is 43.2. The summed E-state index contributed by atoms with van der Waals surface area (Å²) in [6.07, 6.45) is -3.15. The van der Waals surface area contributed by atoms with Gasteiger partial charge in [0.25, 0.3) is 5.91 Å². The van der Waals surface area contributed by atoms with Crippen LogP contribution in [0.3, 0.4) is 0 Å². The van der Waals surface area contributed by atoms with Crippen LogP contribution in [0.25, 0.3) is 0 Å². The summed E-state index contributed by atoms with van der Waals surface area (Å²) in [7, 11) is 0. The van der Waals surface area contributed by atoms with Crippen molar-refractivity contribution in [3.05, 3.63) is 16.1 Å². The Bertz CT molecular complexity index is 769. The van der Waals surface area contributed by atoms with Crippen LogP contribution < -0.4 is 0 Å². The van der Waals surface area contributed by atoms with Gasteiger partial charge in [-0.25, -0.2) is 9.78 Å².